The Bertz CT molecular complexity index is 3850. The lowest BCUT2D eigenvalue weighted by atomic mass is 9.99. The maximum absolute atomic E-state index is 7.20. The van der Waals surface area contributed by atoms with Crippen LogP contribution in [-0.2, 0) is 0 Å². The molecule has 9 aromatic carbocycles. The Labute approximate surface area is 360 Å². The Balaban J connectivity index is 1.07. The van der Waals surface area contributed by atoms with Crippen molar-refractivity contribution in [1.29, 1.82) is 0 Å². The fraction of sp³-hybridized carbons (Fsp3) is 0. The Hall–Kier alpha value is -8.06. The van der Waals surface area contributed by atoms with Gasteiger partial charge in [0.2, 0.25) is 5.95 Å². The summed E-state index contributed by atoms with van der Waals surface area (Å²) in [5.41, 5.74) is 12.2. The van der Waals surface area contributed by atoms with Crippen LogP contribution in [0.25, 0.3) is 103 Å². The molecule has 0 fully saturated rings. The van der Waals surface area contributed by atoms with Crippen molar-refractivity contribution in [3.63, 3.8) is 0 Å². The highest BCUT2D eigenvalue weighted by molar-refractivity contribution is 7.26. The van der Waals surface area contributed by atoms with Gasteiger partial charge < -0.3 is 9.32 Å². The summed E-state index contributed by atoms with van der Waals surface area (Å²) in [7, 11) is 0. The number of benzene rings is 9. The number of furan rings is 1. The summed E-state index contributed by atoms with van der Waals surface area (Å²) < 4.78 is 11.7. The summed E-state index contributed by atoms with van der Waals surface area (Å²) in [6.45, 7) is 0. The van der Waals surface area contributed by atoms with Gasteiger partial charge in [-0.05, 0) is 65.0 Å². The highest BCUT2D eigenvalue weighted by atomic mass is 32.1. The van der Waals surface area contributed by atoms with Crippen LogP contribution in [0.1, 0.15) is 0 Å². The van der Waals surface area contributed by atoms with Gasteiger partial charge in [-0.15, -0.1) is 11.3 Å². The topological polar surface area (TPSA) is 47.1 Å². The van der Waals surface area contributed by atoms with Crippen LogP contribution >= 0.6 is 11.3 Å². The van der Waals surface area contributed by atoms with Gasteiger partial charge in [0, 0.05) is 54.6 Å². The molecule has 6 heteroatoms. The van der Waals surface area contributed by atoms with Gasteiger partial charge in [-0.1, -0.05) is 152 Å². The Morgan fingerprint density at radius 2 is 1.06 bits per heavy atom. The van der Waals surface area contributed by atoms with Crippen molar-refractivity contribution in [1.82, 2.24) is 14.5 Å². The lowest BCUT2D eigenvalue weighted by molar-refractivity contribution is 0.673. The van der Waals surface area contributed by atoms with E-state index in [0.717, 1.165) is 98.4 Å². The van der Waals surface area contributed by atoms with E-state index in [9.17, 15) is 0 Å². The number of hydrogen-bond donors (Lipinski definition) is 0. The minimum absolute atomic E-state index is 0.631. The van der Waals surface area contributed by atoms with Crippen LogP contribution in [0.5, 0.6) is 0 Å². The normalized spacial score (nSPS) is 11.9. The third-order valence-electron chi connectivity index (χ3n) is 12.2. The van der Waals surface area contributed by atoms with E-state index in [1.165, 1.54) is 15.8 Å². The minimum Gasteiger partial charge on any atom is -0.455 e. The zero-order valence-electron chi connectivity index (χ0n) is 33.2. The van der Waals surface area contributed by atoms with Gasteiger partial charge in [-0.25, -0.2) is 9.97 Å². The van der Waals surface area contributed by atoms with Crippen molar-refractivity contribution in [3.8, 4) is 28.3 Å². The monoisotopic (exact) mass is 810 g/mol. The number of nitrogens with zero attached hydrogens (tertiary/aromatic N) is 4. The largest absolute Gasteiger partial charge is 0.455 e. The summed E-state index contributed by atoms with van der Waals surface area (Å²) in [4.78, 5) is 13.1. The van der Waals surface area contributed by atoms with Crippen molar-refractivity contribution in [2.24, 2.45) is 0 Å². The van der Waals surface area contributed by atoms with Crippen LogP contribution in [0, 0.1) is 0 Å². The predicted octanol–water partition coefficient (Wildman–Crippen LogP) is 15.8. The Kier molecular flexibility index (Phi) is 7.71. The Morgan fingerprint density at radius 3 is 1.84 bits per heavy atom. The number of fused-ring (bicyclic) bond motifs is 12. The van der Waals surface area contributed by atoms with Crippen LogP contribution in [-0.4, -0.2) is 14.5 Å². The first-order valence-electron chi connectivity index (χ1n) is 20.8. The number of hydrogen-bond acceptors (Lipinski definition) is 5. The van der Waals surface area contributed by atoms with Gasteiger partial charge >= 0.3 is 0 Å². The molecule has 290 valence electrons. The van der Waals surface area contributed by atoms with Gasteiger partial charge in [0.25, 0.3) is 0 Å². The molecule has 5 nitrogen and oxygen atoms in total. The van der Waals surface area contributed by atoms with Gasteiger partial charge in [0.05, 0.1) is 38.0 Å². The third kappa shape index (κ3) is 5.27. The Morgan fingerprint density at radius 1 is 0.452 bits per heavy atom. The van der Waals surface area contributed by atoms with E-state index in [2.05, 4.69) is 210 Å². The molecule has 4 aromatic heterocycles. The number of para-hydroxylation sites is 2. The molecule has 0 aliphatic rings. The average molecular weight is 811 g/mol. The quantitative estimate of drug-likeness (QED) is 0.168. The minimum atomic E-state index is 0.631. The van der Waals surface area contributed by atoms with Crippen molar-refractivity contribution in [2.45, 2.75) is 0 Å². The maximum atomic E-state index is 7.20. The first-order valence-corrected chi connectivity index (χ1v) is 21.6. The summed E-state index contributed by atoms with van der Waals surface area (Å²) in [5, 5.41) is 7.70. The molecule has 0 atom stereocenters. The molecule has 0 spiro atoms. The second-order valence-corrected chi connectivity index (χ2v) is 16.8. The first kappa shape index (κ1) is 34.8. The molecule has 4 heterocycles. The van der Waals surface area contributed by atoms with Gasteiger partial charge in [0.15, 0.2) is 0 Å². The fourth-order valence-corrected chi connectivity index (χ4v) is 10.6. The smallest absolute Gasteiger partial charge is 0.235 e. The summed E-state index contributed by atoms with van der Waals surface area (Å²) in [6.07, 6.45) is 0. The molecule has 0 amide bonds. The molecule has 0 saturated heterocycles. The molecule has 13 rings (SSSR count). The summed E-state index contributed by atoms with van der Waals surface area (Å²) >= 11 is 1.75. The van der Waals surface area contributed by atoms with Crippen molar-refractivity contribution >= 4 is 103 Å². The van der Waals surface area contributed by atoms with E-state index in [0.29, 0.717) is 5.95 Å². The van der Waals surface area contributed by atoms with Crippen LogP contribution in [0.2, 0.25) is 0 Å². The number of aromatic nitrogens is 3. The van der Waals surface area contributed by atoms with E-state index in [1.54, 1.807) is 11.3 Å². The molecule has 0 radical (unpaired) electrons. The molecule has 0 aliphatic carbocycles. The van der Waals surface area contributed by atoms with Gasteiger partial charge in [0.1, 0.15) is 11.2 Å². The number of thiophene rings is 1. The highest BCUT2D eigenvalue weighted by Crippen LogP contribution is 2.48. The van der Waals surface area contributed by atoms with E-state index in [-0.39, 0.29) is 0 Å². The van der Waals surface area contributed by atoms with Crippen molar-refractivity contribution in [2.75, 3.05) is 4.90 Å². The molecule has 0 aliphatic heterocycles. The highest BCUT2D eigenvalue weighted by Gasteiger charge is 2.25. The third-order valence-corrected chi connectivity index (χ3v) is 13.4. The SMILES string of the molecule is c1ccc(-c2ccc(N(c3ccccc3)c3cc4oc5c(ccc6c5c5ccccc5n6-c5nc(-c6ccccc6)c6sc7ccccc7c6n5)c4c4ccccc34)cc2)cc1. The van der Waals surface area contributed by atoms with Crippen molar-refractivity contribution in [3.05, 3.63) is 206 Å². The fourth-order valence-electron chi connectivity index (χ4n) is 9.44. The molecule has 0 N–H and O–H groups in total. The van der Waals surface area contributed by atoms with Gasteiger partial charge in [-0.3, -0.25) is 4.57 Å². The van der Waals surface area contributed by atoms with Crippen molar-refractivity contribution < 1.29 is 4.42 Å². The zero-order valence-corrected chi connectivity index (χ0v) is 34.1. The zero-order chi connectivity index (χ0) is 40.7. The second kappa shape index (κ2) is 13.7. The molecular formula is C56H34N4OS. The van der Waals surface area contributed by atoms with E-state index in [4.69, 9.17) is 14.4 Å². The molecule has 13 aromatic rings. The molecule has 0 unspecified atom stereocenters. The second-order valence-electron chi connectivity index (χ2n) is 15.7. The van der Waals surface area contributed by atoms with Crippen LogP contribution in [0.3, 0.4) is 0 Å². The number of rotatable bonds is 6. The standard InChI is InChI=1S/C56H34N4OS/c1-4-16-35(17-5-1)36-28-30-39(31-29-36)59(38-20-8-3-9-21-38)47-34-48-50(41-23-11-10-22-40(41)47)44-32-33-46-51(54(44)61-48)42-24-12-14-26-45(42)60(46)56-57-52(37-18-6-2-7-19-37)55-53(58-56)43-25-13-15-27-49(43)62-55/h1-34H. The summed E-state index contributed by atoms with van der Waals surface area (Å²) in [5.74, 6) is 0.631. The van der Waals surface area contributed by atoms with Crippen LogP contribution in [0.4, 0.5) is 17.1 Å². The molecule has 0 bridgehead atoms. The van der Waals surface area contributed by atoms with E-state index >= 15 is 0 Å². The average Bonchev–Trinajstić information content (AvgIpc) is 4.02. The lowest BCUT2D eigenvalue weighted by Crippen LogP contribution is -2.10. The van der Waals surface area contributed by atoms with Gasteiger partial charge in [-0.2, -0.15) is 0 Å². The van der Waals surface area contributed by atoms with E-state index in [1.807, 2.05) is 6.07 Å². The number of anilines is 3. The van der Waals surface area contributed by atoms with Crippen LogP contribution < -0.4 is 4.90 Å². The van der Waals surface area contributed by atoms with E-state index < -0.39 is 0 Å². The maximum Gasteiger partial charge on any atom is 0.235 e. The summed E-state index contributed by atoms with van der Waals surface area (Å²) in [6, 6.07) is 72.9. The molecule has 62 heavy (non-hydrogen) atoms. The molecule has 0 saturated carbocycles. The predicted molar refractivity (Wildman–Crippen MR) is 260 cm³/mol. The van der Waals surface area contributed by atoms with Crippen LogP contribution in [0.15, 0.2) is 211 Å². The molecular weight excluding hydrogens is 777 g/mol. The lowest BCUT2D eigenvalue weighted by Gasteiger charge is -2.27. The first-order chi connectivity index (χ1) is 30.8.